The summed E-state index contributed by atoms with van der Waals surface area (Å²) in [7, 11) is 0. The molecule has 1 atom stereocenters. The van der Waals surface area contributed by atoms with E-state index < -0.39 is 5.41 Å². The van der Waals surface area contributed by atoms with Gasteiger partial charge < -0.3 is 4.90 Å². The minimum absolute atomic E-state index is 0.520. The van der Waals surface area contributed by atoms with Crippen LogP contribution in [0.1, 0.15) is 27.8 Å². The first-order chi connectivity index (χ1) is 25.7. The van der Waals surface area contributed by atoms with Crippen molar-refractivity contribution in [3.63, 3.8) is 0 Å². The molecule has 3 heteroatoms. The Morgan fingerprint density at radius 1 is 0.462 bits per heavy atom. The average molecular weight is 700 g/mol. The fourth-order valence-electron chi connectivity index (χ4n) is 8.35. The van der Waals surface area contributed by atoms with Crippen LogP contribution in [0, 0.1) is 0 Å². The number of benzene rings is 7. The Bertz CT molecular complexity index is 2590. The van der Waals surface area contributed by atoms with Crippen molar-refractivity contribution in [3.05, 3.63) is 223 Å². The van der Waals surface area contributed by atoms with Crippen molar-refractivity contribution in [1.29, 1.82) is 0 Å². The predicted octanol–water partition coefficient (Wildman–Crippen LogP) is 13.6. The van der Waals surface area contributed by atoms with Crippen LogP contribution in [0.4, 0.5) is 11.4 Å². The molecule has 1 unspecified atom stereocenters. The molecule has 10 rings (SSSR count). The Morgan fingerprint density at radius 2 is 1.00 bits per heavy atom. The van der Waals surface area contributed by atoms with E-state index in [0.717, 1.165) is 22.5 Å². The van der Waals surface area contributed by atoms with Gasteiger partial charge in [-0.05, 0) is 86.5 Å². The van der Waals surface area contributed by atoms with Gasteiger partial charge in [-0.15, -0.1) is 0 Å². The highest BCUT2D eigenvalue weighted by molar-refractivity contribution is 8.00. The Balaban J connectivity index is 1.29. The minimum atomic E-state index is -0.520. The Hall–Kier alpha value is -5.74. The van der Waals surface area contributed by atoms with Crippen molar-refractivity contribution in [2.75, 3.05) is 4.90 Å². The number of para-hydroxylation sites is 1. The first-order valence-corrected chi connectivity index (χ1v) is 19.3. The topological polar surface area (TPSA) is 3.24 Å². The molecule has 52 heavy (non-hydrogen) atoms. The summed E-state index contributed by atoms with van der Waals surface area (Å²) in [6, 6.07) is 60.1. The van der Waals surface area contributed by atoms with Crippen LogP contribution in [0.5, 0.6) is 0 Å². The summed E-state index contributed by atoms with van der Waals surface area (Å²) in [6.45, 7) is 4.64. The second kappa shape index (κ2) is 12.5. The molecule has 1 spiro atoms. The van der Waals surface area contributed by atoms with Gasteiger partial charge in [-0.25, -0.2) is 0 Å². The third kappa shape index (κ3) is 4.66. The molecule has 7 aromatic carbocycles. The van der Waals surface area contributed by atoms with Gasteiger partial charge in [0.1, 0.15) is 0 Å². The molecule has 246 valence electrons. The number of allylic oxidation sites excluding steroid dienone is 4. The quantitative estimate of drug-likeness (QED) is 0.181. The van der Waals surface area contributed by atoms with E-state index in [2.05, 4.69) is 200 Å². The number of fused-ring (bicyclic) bond motifs is 9. The summed E-state index contributed by atoms with van der Waals surface area (Å²) in [5.74, 6) is 0. The highest BCUT2D eigenvalue weighted by Gasteiger charge is 2.49. The molecule has 0 fully saturated rings. The van der Waals surface area contributed by atoms with Gasteiger partial charge in [-0.2, -0.15) is 0 Å². The summed E-state index contributed by atoms with van der Waals surface area (Å²) in [4.78, 5) is 7.46. The lowest BCUT2D eigenvalue weighted by molar-refractivity contribution is 0.668. The van der Waals surface area contributed by atoms with Crippen molar-refractivity contribution >= 4 is 40.5 Å². The van der Waals surface area contributed by atoms with Crippen LogP contribution in [0.2, 0.25) is 0 Å². The first kappa shape index (κ1) is 31.0. The van der Waals surface area contributed by atoms with Gasteiger partial charge in [0.2, 0.25) is 0 Å². The second-order valence-electron chi connectivity index (χ2n) is 13.3. The molecule has 0 aliphatic carbocycles. The van der Waals surface area contributed by atoms with Crippen molar-refractivity contribution in [1.82, 2.24) is 0 Å². The van der Waals surface area contributed by atoms with Crippen LogP contribution < -0.4 is 4.90 Å². The van der Waals surface area contributed by atoms with Crippen LogP contribution >= 0.6 is 23.5 Å². The summed E-state index contributed by atoms with van der Waals surface area (Å²) < 4.78 is 0. The molecule has 0 bridgehead atoms. The fourth-order valence-corrected chi connectivity index (χ4v) is 11.0. The van der Waals surface area contributed by atoms with Crippen LogP contribution in [0.25, 0.3) is 27.8 Å². The van der Waals surface area contributed by atoms with Crippen LogP contribution in [-0.2, 0) is 5.41 Å². The highest BCUT2D eigenvalue weighted by atomic mass is 32.2. The summed E-state index contributed by atoms with van der Waals surface area (Å²) in [6.07, 6.45) is 8.47. The zero-order valence-corrected chi connectivity index (χ0v) is 30.0. The standard InChI is InChI=1S/C49H33NS2/c1-33-17-12-13-32-50(35-20-6-3-7-21-35)43-29-16-23-37(46(33)43)38-24-15-28-42-48(38)52-45-31-11-9-26-40(45)49(42)39-25-8-10-30-44(39)51-47-36(22-14-27-41(47)49)34-18-4-2-5-19-34/h2-32H,1H2/b17-12-,32-13-. The minimum Gasteiger partial charge on any atom is -0.317 e. The van der Waals surface area contributed by atoms with E-state index in [1.165, 1.54) is 64.1 Å². The van der Waals surface area contributed by atoms with Gasteiger partial charge in [0, 0.05) is 37.0 Å². The van der Waals surface area contributed by atoms with Crippen LogP contribution in [0.15, 0.2) is 214 Å². The summed E-state index contributed by atoms with van der Waals surface area (Å²) >= 11 is 3.80. The van der Waals surface area contributed by atoms with E-state index in [9.17, 15) is 0 Å². The fraction of sp³-hybridized carbons (Fsp3) is 0.0204. The molecule has 0 saturated carbocycles. The summed E-state index contributed by atoms with van der Waals surface area (Å²) in [5, 5.41) is 0. The average Bonchev–Trinajstić information content (AvgIpc) is 3.20. The first-order valence-electron chi connectivity index (χ1n) is 17.6. The smallest absolute Gasteiger partial charge is 0.0745 e. The lowest BCUT2D eigenvalue weighted by Gasteiger charge is -2.46. The van der Waals surface area contributed by atoms with Gasteiger partial charge >= 0.3 is 0 Å². The maximum absolute atomic E-state index is 4.64. The Kier molecular flexibility index (Phi) is 7.45. The Labute approximate surface area is 313 Å². The SMILES string of the molecule is C=C1/C=C\C=C/N(c2ccccc2)c2cccc(-c3cccc4c3Sc3ccccc3C43c4ccccc4Sc4c(-c5ccccc5)cccc43)c21. The van der Waals surface area contributed by atoms with Gasteiger partial charge in [0.25, 0.3) is 0 Å². The van der Waals surface area contributed by atoms with E-state index in [1.54, 1.807) is 0 Å². The predicted molar refractivity (Wildman–Crippen MR) is 220 cm³/mol. The second-order valence-corrected chi connectivity index (χ2v) is 15.4. The molecule has 0 saturated heterocycles. The van der Waals surface area contributed by atoms with Crippen LogP contribution in [-0.4, -0.2) is 0 Å². The maximum atomic E-state index is 4.64. The van der Waals surface area contributed by atoms with Gasteiger partial charge in [0.05, 0.1) is 11.1 Å². The van der Waals surface area contributed by atoms with Gasteiger partial charge in [-0.1, -0.05) is 176 Å². The monoisotopic (exact) mass is 699 g/mol. The van der Waals surface area contributed by atoms with E-state index in [1.807, 2.05) is 23.5 Å². The highest BCUT2D eigenvalue weighted by Crippen LogP contribution is 2.64. The van der Waals surface area contributed by atoms with Crippen molar-refractivity contribution in [2.45, 2.75) is 25.0 Å². The molecule has 7 aromatic rings. The number of rotatable bonds is 3. The normalized spacial score (nSPS) is 17.8. The van der Waals surface area contributed by atoms with E-state index in [0.29, 0.717) is 0 Å². The zero-order chi connectivity index (χ0) is 34.6. The van der Waals surface area contributed by atoms with Crippen molar-refractivity contribution < 1.29 is 0 Å². The number of nitrogens with zero attached hydrogens (tertiary/aromatic N) is 1. The molecule has 3 aliphatic heterocycles. The molecule has 3 aliphatic rings. The molecule has 0 aromatic heterocycles. The lowest BCUT2D eigenvalue weighted by atomic mass is 9.63. The van der Waals surface area contributed by atoms with Crippen molar-refractivity contribution in [3.8, 4) is 22.3 Å². The largest absolute Gasteiger partial charge is 0.317 e. The number of hydrogen-bond donors (Lipinski definition) is 0. The maximum Gasteiger partial charge on any atom is 0.0745 e. The van der Waals surface area contributed by atoms with Gasteiger partial charge in [-0.3, -0.25) is 0 Å². The molecule has 0 N–H and O–H groups in total. The number of hydrogen-bond acceptors (Lipinski definition) is 3. The van der Waals surface area contributed by atoms with Crippen LogP contribution in [0.3, 0.4) is 0 Å². The third-order valence-corrected chi connectivity index (χ3v) is 13.0. The van der Waals surface area contributed by atoms with Crippen molar-refractivity contribution in [2.24, 2.45) is 0 Å². The molecular formula is C49H33NS2. The molecule has 3 heterocycles. The third-order valence-electron chi connectivity index (χ3n) is 10.5. The summed E-state index contributed by atoms with van der Waals surface area (Å²) in [5.41, 5.74) is 14.1. The molecule has 0 radical (unpaired) electrons. The van der Waals surface area contributed by atoms with E-state index >= 15 is 0 Å². The molecule has 1 nitrogen and oxygen atoms in total. The lowest BCUT2D eigenvalue weighted by Crippen LogP contribution is -2.37. The molecule has 0 amide bonds. The zero-order valence-electron chi connectivity index (χ0n) is 28.4. The van der Waals surface area contributed by atoms with Gasteiger partial charge in [0.15, 0.2) is 0 Å². The Morgan fingerprint density at radius 3 is 1.69 bits per heavy atom. The number of anilines is 2. The van der Waals surface area contributed by atoms with E-state index in [-0.39, 0.29) is 0 Å². The molecular weight excluding hydrogens is 667 g/mol. The van der Waals surface area contributed by atoms with E-state index in [4.69, 9.17) is 0 Å².